The molecule has 0 aliphatic carbocycles. The molecule has 1 aliphatic heterocycles. The van der Waals surface area contributed by atoms with Crippen LogP contribution in [0.15, 0.2) is 29.4 Å². The number of oxime groups is 1. The van der Waals surface area contributed by atoms with Crippen molar-refractivity contribution in [2.24, 2.45) is 16.8 Å². The van der Waals surface area contributed by atoms with Crippen LogP contribution in [-0.2, 0) is 6.54 Å². The molecule has 0 spiro atoms. The lowest BCUT2D eigenvalue weighted by molar-refractivity contribution is 0.214. The summed E-state index contributed by atoms with van der Waals surface area (Å²) in [6.45, 7) is 5.05. The van der Waals surface area contributed by atoms with Crippen LogP contribution in [0.4, 0.5) is 0 Å². The summed E-state index contributed by atoms with van der Waals surface area (Å²) in [4.78, 5) is 2.26. The van der Waals surface area contributed by atoms with Gasteiger partial charge in [-0.3, -0.25) is 4.90 Å². The normalized spacial score (nSPS) is 18.6. The van der Waals surface area contributed by atoms with Crippen LogP contribution in [-0.4, -0.2) is 35.6 Å². The van der Waals surface area contributed by atoms with Crippen molar-refractivity contribution in [3.8, 4) is 5.75 Å². The molecule has 0 radical (unpaired) electrons. The van der Waals surface area contributed by atoms with E-state index in [1.807, 2.05) is 25.1 Å². The van der Waals surface area contributed by atoms with Crippen molar-refractivity contribution in [1.29, 1.82) is 0 Å². The molecule has 1 unspecified atom stereocenters. The smallest absolute Gasteiger partial charge is 0.143 e. The van der Waals surface area contributed by atoms with E-state index in [0.717, 1.165) is 25.4 Å². The van der Waals surface area contributed by atoms with Gasteiger partial charge in [-0.25, -0.2) is 0 Å². The van der Waals surface area contributed by atoms with Gasteiger partial charge in [-0.05, 0) is 6.07 Å². The maximum Gasteiger partial charge on any atom is 0.143 e. The Bertz CT molecular complexity index is 434. The average molecular weight is 249 g/mol. The van der Waals surface area contributed by atoms with E-state index in [9.17, 15) is 0 Å². The Balaban J connectivity index is 2.04. The maximum absolute atomic E-state index is 8.67. The summed E-state index contributed by atoms with van der Waals surface area (Å²) >= 11 is 0. The Morgan fingerprint density at radius 2 is 2.33 bits per heavy atom. The monoisotopic (exact) mass is 249 g/mol. The van der Waals surface area contributed by atoms with E-state index in [1.54, 1.807) is 0 Å². The third kappa shape index (κ3) is 2.92. The molecule has 1 aromatic carbocycles. The van der Waals surface area contributed by atoms with Crippen molar-refractivity contribution in [3.05, 3.63) is 29.8 Å². The van der Waals surface area contributed by atoms with E-state index >= 15 is 0 Å². The van der Waals surface area contributed by atoms with Crippen LogP contribution in [0, 0.1) is 5.92 Å². The van der Waals surface area contributed by atoms with Crippen LogP contribution in [0.1, 0.15) is 12.5 Å². The number of nitrogens with two attached hydrogens (primary N) is 1. The van der Waals surface area contributed by atoms with Gasteiger partial charge in [0.25, 0.3) is 0 Å². The summed E-state index contributed by atoms with van der Waals surface area (Å²) in [5, 5.41) is 11.7. The molecule has 1 atom stereocenters. The zero-order valence-corrected chi connectivity index (χ0v) is 10.5. The zero-order valence-electron chi connectivity index (χ0n) is 10.5. The quantitative estimate of drug-likeness (QED) is 0.366. The number of para-hydroxylation sites is 1. The van der Waals surface area contributed by atoms with E-state index in [-0.39, 0.29) is 11.8 Å². The number of hydrogen-bond acceptors (Lipinski definition) is 4. The summed E-state index contributed by atoms with van der Waals surface area (Å²) in [6.07, 6.45) is 0. The minimum atomic E-state index is 0.0280. The first kappa shape index (κ1) is 12.7. The largest absolute Gasteiger partial charge is 0.492 e. The summed E-state index contributed by atoms with van der Waals surface area (Å²) < 4.78 is 5.69. The highest BCUT2D eigenvalue weighted by atomic mass is 16.5. The number of benzene rings is 1. The Morgan fingerprint density at radius 3 is 3.11 bits per heavy atom. The van der Waals surface area contributed by atoms with Gasteiger partial charge in [-0.2, -0.15) is 0 Å². The van der Waals surface area contributed by atoms with E-state index in [1.165, 1.54) is 5.56 Å². The van der Waals surface area contributed by atoms with Crippen molar-refractivity contribution >= 4 is 5.84 Å². The molecule has 0 bridgehead atoms. The van der Waals surface area contributed by atoms with E-state index in [4.69, 9.17) is 15.7 Å². The molecular weight excluding hydrogens is 230 g/mol. The van der Waals surface area contributed by atoms with Crippen LogP contribution in [0.3, 0.4) is 0 Å². The standard InChI is InChI=1S/C13H19N3O2/c1-10(13(14)15-17)8-16-6-7-18-12-5-3-2-4-11(12)9-16/h2-5,10,17H,6-9H2,1H3,(H2,14,15). The highest BCUT2D eigenvalue weighted by molar-refractivity contribution is 5.82. The molecule has 1 aliphatic rings. The Morgan fingerprint density at radius 1 is 1.56 bits per heavy atom. The number of ether oxygens (including phenoxy) is 1. The third-order valence-corrected chi connectivity index (χ3v) is 3.18. The molecule has 18 heavy (non-hydrogen) atoms. The van der Waals surface area contributed by atoms with Gasteiger partial charge in [-0.15, -0.1) is 0 Å². The Hall–Kier alpha value is -1.75. The number of fused-ring (bicyclic) bond motifs is 1. The predicted octanol–water partition coefficient (Wildman–Crippen LogP) is 1.26. The Labute approximate surface area is 107 Å². The second-order valence-corrected chi connectivity index (χ2v) is 4.62. The minimum absolute atomic E-state index is 0.0280. The predicted molar refractivity (Wildman–Crippen MR) is 69.8 cm³/mol. The summed E-state index contributed by atoms with van der Waals surface area (Å²) in [5.74, 6) is 1.25. The number of nitrogens with zero attached hydrogens (tertiary/aromatic N) is 2. The van der Waals surface area contributed by atoms with Crippen LogP contribution in [0.25, 0.3) is 0 Å². The molecule has 98 valence electrons. The van der Waals surface area contributed by atoms with Crippen molar-refractivity contribution in [2.45, 2.75) is 13.5 Å². The molecule has 1 heterocycles. The second kappa shape index (κ2) is 5.73. The minimum Gasteiger partial charge on any atom is -0.492 e. The highest BCUT2D eigenvalue weighted by Gasteiger charge is 2.18. The SMILES string of the molecule is CC(CN1CCOc2ccccc2C1)C(N)=NO. The zero-order chi connectivity index (χ0) is 13.0. The molecule has 0 saturated carbocycles. The van der Waals surface area contributed by atoms with E-state index in [2.05, 4.69) is 16.1 Å². The molecule has 3 N–H and O–H groups in total. The first-order chi connectivity index (χ1) is 8.70. The number of amidine groups is 1. The fraction of sp³-hybridized carbons (Fsp3) is 0.462. The molecule has 5 heteroatoms. The van der Waals surface area contributed by atoms with Crippen molar-refractivity contribution < 1.29 is 9.94 Å². The number of rotatable bonds is 3. The van der Waals surface area contributed by atoms with Gasteiger partial charge in [0, 0.05) is 31.1 Å². The number of hydrogen-bond donors (Lipinski definition) is 2. The van der Waals surface area contributed by atoms with Crippen molar-refractivity contribution in [2.75, 3.05) is 19.7 Å². The molecule has 0 amide bonds. The lowest BCUT2D eigenvalue weighted by Crippen LogP contribution is -2.35. The summed E-state index contributed by atoms with van der Waals surface area (Å²) in [6, 6.07) is 8.06. The van der Waals surface area contributed by atoms with Gasteiger partial charge in [-0.1, -0.05) is 30.3 Å². The van der Waals surface area contributed by atoms with Crippen LogP contribution < -0.4 is 10.5 Å². The molecule has 1 aromatic rings. The van der Waals surface area contributed by atoms with Crippen LogP contribution >= 0.6 is 0 Å². The van der Waals surface area contributed by atoms with E-state index in [0.29, 0.717) is 6.61 Å². The van der Waals surface area contributed by atoms with Gasteiger partial charge in [0.05, 0.1) is 0 Å². The maximum atomic E-state index is 8.67. The lowest BCUT2D eigenvalue weighted by Gasteiger charge is -2.22. The Kier molecular flexibility index (Phi) is 4.04. The molecule has 2 rings (SSSR count). The highest BCUT2D eigenvalue weighted by Crippen LogP contribution is 2.22. The summed E-state index contributed by atoms with van der Waals surface area (Å²) in [5.41, 5.74) is 6.79. The van der Waals surface area contributed by atoms with E-state index < -0.39 is 0 Å². The summed E-state index contributed by atoms with van der Waals surface area (Å²) in [7, 11) is 0. The van der Waals surface area contributed by atoms with Gasteiger partial charge >= 0.3 is 0 Å². The first-order valence-corrected chi connectivity index (χ1v) is 6.11. The second-order valence-electron chi connectivity index (χ2n) is 4.62. The molecule has 5 nitrogen and oxygen atoms in total. The van der Waals surface area contributed by atoms with Gasteiger partial charge < -0.3 is 15.7 Å². The van der Waals surface area contributed by atoms with Gasteiger partial charge in [0.2, 0.25) is 0 Å². The topological polar surface area (TPSA) is 71.1 Å². The third-order valence-electron chi connectivity index (χ3n) is 3.18. The molecule has 0 aromatic heterocycles. The van der Waals surface area contributed by atoms with Crippen LogP contribution in [0.5, 0.6) is 5.75 Å². The fourth-order valence-corrected chi connectivity index (χ4v) is 2.12. The van der Waals surface area contributed by atoms with Crippen LogP contribution in [0.2, 0.25) is 0 Å². The fourth-order valence-electron chi connectivity index (χ4n) is 2.12. The van der Waals surface area contributed by atoms with Crippen molar-refractivity contribution in [1.82, 2.24) is 4.90 Å². The van der Waals surface area contributed by atoms with Gasteiger partial charge in [0.15, 0.2) is 0 Å². The molecular formula is C13H19N3O2. The van der Waals surface area contributed by atoms with Crippen molar-refractivity contribution in [3.63, 3.8) is 0 Å². The van der Waals surface area contributed by atoms with Gasteiger partial charge in [0.1, 0.15) is 18.2 Å². The lowest BCUT2D eigenvalue weighted by atomic mass is 10.1. The first-order valence-electron chi connectivity index (χ1n) is 6.11. The molecule has 0 fully saturated rings. The molecule has 0 saturated heterocycles. The average Bonchev–Trinajstić information content (AvgIpc) is 2.59.